The average Bonchev–Trinajstić information content (AvgIpc) is 3.02. The van der Waals surface area contributed by atoms with Crippen LogP contribution < -0.4 is 10.6 Å². The maximum Gasteiger partial charge on any atom is 0.191 e. The van der Waals surface area contributed by atoms with Crippen molar-refractivity contribution in [2.75, 3.05) is 24.6 Å². The summed E-state index contributed by atoms with van der Waals surface area (Å²) in [5.74, 6) is 1.63. The van der Waals surface area contributed by atoms with Crippen LogP contribution in [0.5, 0.6) is 0 Å². The van der Waals surface area contributed by atoms with E-state index in [1.54, 1.807) is 0 Å². The van der Waals surface area contributed by atoms with E-state index in [9.17, 15) is 8.42 Å². The van der Waals surface area contributed by atoms with Gasteiger partial charge in [-0.05, 0) is 32.1 Å². The van der Waals surface area contributed by atoms with Gasteiger partial charge in [0.2, 0.25) is 0 Å². The van der Waals surface area contributed by atoms with E-state index in [0.717, 1.165) is 18.0 Å². The molecule has 2 fully saturated rings. The number of guanidine groups is 1. The maximum absolute atomic E-state index is 11.5. The topological polar surface area (TPSA) is 70.6 Å². The fraction of sp³-hybridized carbons (Fsp3) is 0.800. The average molecular weight is 441 g/mol. The van der Waals surface area contributed by atoms with Crippen molar-refractivity contribution < 1.29 is 8.42 Å². The quantitative estimate of drug-likeness (QED) is 0.297. The molecule has 0 aromatic carbocycles. The highest BCUT2D eigenvalue weighted by Crippen LogP contribution is 2.18. The van der Waals surface area contributed by atoms with Gasteiger partial charge in [0.25, 0.3) is 0 Å². The number of rotatable bonds is 5. The lowest BCUT2D eigenvalue weighted by atomic mass is 10.1. The zero-order valence-corrected chi connectivity index (χ0v) is 16.5. The number of sulfone groups is 1. The second-order valence-corrected chi connectivity index (χ2v) is 8.63. The first-order chi connectivity index (χ1) is 9.94. The van der Waals surface area contributed by atoms with Gasteiger partial charge in [0, 0.05) is 12.6 Å². The first-order valence-electron chi connectivity index (χ1n) is 7.84. The normalized spacial score (nSPS) is 24.8. The summed E-state index contributed by atoms with van der Waals surface area (Å²) in [5.41, 5.74) is 1.02. The van der Waals surface area contributed by atoms with Crippen molar-refractivity contribution in [2.24, 2.45) is 10.9 Å². The van der Waals surface area contributed by atoms with Crippen molar-refractivity contribution in [1.82, 2.24) is 10.6 Å². The van der Waals surface area contributed by atoms with E-state index in [-0.39, 0.29) is 29.9 Å². The van der Waals surface area contributed by atoms with Crippen LogP contribution in [0.25, 0.3) is 0 Å². The van der Waals surface area contributed by atoms with Gasteiger partial charge < -0.3 is 10.6 Å². The number of halogens is 1. The molecule has 0 aromatic heterocycles. The van der Waals surface area contributed by atoms with Crippen molar-refractivity contribution in [3.8, 4) is 0 Å². The van der Waals surface area contributed by atoms with E-state index in [2.05, 4.69) is 22.2 Å². The Bertz CT molecular complexity index is 499. The van der Waals surface area contributed by atoms with Gasteiger partial charge in [0.1, 0.15) is 0 Å². The third-order valence-corrected chi connectivity index (χ3v) is 5.93. The molecule has 22 heavy (non-hydrogen) atoms. The summed E-state index contributed by atoms with van der Waals surface area (Å²) >= 11 is 0. The molecular formula is C15H28IN3O2S. The molecule has 0 radical (unpaired) electrons. The van der Waals surface area contributed by atoms with Crippen LogP contribution in [-0.4, -0.2) is 45.0 Å². The standard InChI is InChI=1S/C15H27N3O2S.HI/c1-12(2)9-16-15(18-14-5-3-4-6-14)17-10-13-7-8-21(19,20)11-13;/h13-14H,1,3-11H2,2H3,(H2,16,17,18);1H. The summed E-state index contributed by atoms with van der Waals surface area (Å²) in [5, 5.41) is 6.78. The van der Waals surface area contributed by atoms with Gasteiger partial charge in [0.05, 0.1) is 18.1 Å². The largest absolute Gasteiger partial charge is 0.356 e. The summed E-state index contributed by atoms with van der Waals surface area (Å²) in [4.78, 5) is 4.53. The molecule has 1 unspecified atom stereocenters. The summed E-state index contributed by atoms with van der Waals surface area (Å²) < 4.78 is 23.0. The first kappa shape index (κ1) is 19.7. The van der Waals surface area contributed by atoms with Crippen LogP contribution in [0.4, 0.5) is 0 Å². The van der Waals surface area contributed by atoms with Crippen molar-refractivity contribution in [3.05, 3.63) is 12.2 Å². The van der Waals surface area contributed by atoms with Crippen LogP contribution in [0.3, 0.4) is 0 Å². The summed E-state index contributed by atoms with van der Waals surface area (Å²) in [6.45, 7) is 7.11. The fourth-order valence-electron chi connectivity index (χ4n) is 2.90. The molecule has 7 heteroatoms. The highest BCUT2D eigenvalue weighted by Gasteiger charge is 2.28. The molecule has 0 aromatic rings. The minimum absolute atomic E-state index is 0. The Morgan fingerprint density at radius 2 is 1.95 bits per heavy atom. The Labute approximate surface area is 151 Å². The predicted molar refractivity (Wildman–Crippen MR) is 103 cm³/mol. The Morgan fingerprint density at radius 3 is 2.50 bits per heavy atom. The molecular weight excluding hydrogens is 413 g/mol. The molecule has 1 saturated carbocycles. The van der Waals surface area contributed by atoms with E-state index >= 15 is 0 Å². The number of nitrogens with zero attached hydrogens (tertiary/aromatic N) is 1. The SMILES string of the molecule is C=C(C)CN=C(NCC1CCS(=O)(=O)C1)NC1CCCC1.I. The molecule has 0 amide bonds. The molecule has 128 valence electrons. The van der Waals surface area contributed by atoms with Crippen molar-refractivity contribution in [2.45, 2.75) is 45.1 Å². The third kappa shape index (κ3) is 6.85. The first-order valence-corrected chi connectivity index (χ1v) is 9.66. The van der Waals surface area contributed by atoms with Crippen molar-refractivity contribution in [3.63, 3.8) is 0 Å². The molecule has 2 N–H and O–H groups in total. The molecule has 1 heterocycles. The van der Waals surface area contributed by atoms with Gasteiger partial charge in [-0.2, -0.15) is 0 Å². The zero-order valence-electron chi connectivity index (χ0n) is 13.3. The van der Waals surface area contributed by atoms with E-state index in [0.29, 0.717) is 30.6 Å². The van der Waals surface area contributed by atoms with Crippen LogP contribution in [0.1, 0.15) is 39.0 Å². The molecule has 2 aliphatic rings. The van der Waals surface area contributed by atoms with Gasteiger partial charge in [-0.1, -0.05) is 25.0 Å². The fourth-order valence-corrected chi connectivity index (χ4v) is 4.77. The van der Waals surface area contributed by atoms with E-state index in [4.69, 9.17) is 0 Å². The molecule has 1 aliphatic carbocycles. The Hall–Kier alpha value is -0.310. The lowest BCUT2D eigenvalue weighted by molar-refractivity contribution is 0.554. The lowest BCUT2D eigenvalue weighted by Gasteiger charge is -2.19. The summed E-state index contributed by atoms with van der Waals surface area (Å²) in [7, 11) is -2.81. The molecule has 1 atom stereocenters. The third-order valence-electron chi connectivity index (χ3n) is 4.09. The molecule has 2 rings (SSSR count). The second kappa shape index (κ2) is 9.10. The predicted octanol–water partition coefficient (Wildman–Crippen LogP) is 2.09. The van der Waals surface area contributed by atoms with E-state index < -0.39 is 9.84 Å². The monoisotopic (exact) mass is 441 g/mol. The Kier molecular flexibility index (Phi) is 8.16. The molecule has 1 saturated heterocycles. The van der Waals surface area contributed by atoms with Crippen LogP contribution in [0.15, 0.2) is 17.1 Å². The van der Waals surface area contributed by atoms with Gasteiger partial charge in [-0.25, -0.2) is 13.4 Å². The van der Waals surface area contributed by atoms with Gasteiger partial charge in [-0.15, -0.1) is 24.0 Å². The lowest BCUT2D eigenvalue weighted by Crippen LogP contribution is -2.44. The van der Waals surface area contributed by atoms with Crippen molar-refractivity contribution in [1.29, 1.82) is 0 Å². The number of hydrogen-bond acceptors (Lipinski definition) is 3. The molecule has 0 spiro atoms. The Morgan fingerprint density at radius 1 is 1.27 bits per heavy atom. The van der Waals surface area contributed by atoms with Crippen LogP contribution in [-0.2, 0) is 9.84 Å². The summed E-state index contributed by atoms with van der Waals surface area (Å²) in [6, 6.07) is 0.494. The van der Waals surface area contributed by atoms with E-state index in [1.165, 1.54) is 25.7 Å². The molecule has 0 bridgehead atoms. The molecule has 5 nitrogen and oxygen atoms in total. The minimum Gasteiger partial charge on any atom is -0.356 e. The van der Waals surface area contributed by atoms with Crippen molar-refractivity contribution >= 4 is 39.8 Å². The molecule has 1 aliphatic heterocycles. The highest BCUT2D eigenvalue weighted by atomic mass is 127. The summed E-state index contributed by atoms with van der Waals surface area (Å²) in [6.07, 6.45) is 5.67. The number of hydrogen-bond donors (Lipinski definition) is 2. The smallest absolute Gasteiger partial charge is 0.191 e. The van der Waals surface area contributed by atoms with Gasteiger partial charge in [0.15, 0.2) is 15.8 Å². The minimum atomic E-state index is -2.81. The number of aliphatic imine (C=N–C) groups is 1. The van der Waals surface area contributed by atoms with Gasteiger partial charge in [-0.3, -0.25) is 0 Å². The highest BCUT2D eigenvalue weighted by molar-refractivity contribution is 14.0. The van der Waals surface area contributed by atoms with Crippen LogP contribution in [0, 0.1) is 5.92 Å². The van der Waals surface area contributed by atoms with Crippen LogP contribution in [0.2, 0.25) is 0 Å². The zero-order chi connectivity index (χ0) is 15.3. The van der Waals surface area contributed by atoms with Crippen LogP contribution >= 0.6 is 24.0 Å². The maximum atomic E-state index is 11.5. The second-order valence-electron chi connectivity index (χ2n) is 6.40. The Balaban J connectivity index is 0.00000242. The number of nitrogens with one attached hydrogen (secondary N) is 2. The van der Waals surface area contributed by atoms with E-state index in [1.807, 2.05) is 6.92 Å². The van der Waals surface area contributed by atoms with Gasteiger partial charge >= 0.3 is 0 Å².